The highest BCUT2D eigenvalue weighted by atomic mass is 32.2. The molecule has 48 valence electrons. The molecule has 0 bridgehead atoms. The maximum absolute atomic E-state index is 2.90. The number of hydrogen-bond acceptors (Lipinski definition) is 5. The second kappa shape index (κ2) is 3.26. The zero-order chi connectivity index (χ0) is 5.82. The average molecular weight is 134 g/mol. The Morgan fingerprint density at radius 2 is 2.62 bits per heavy atom. The third kappa shape index (κ3) is 1.61. The van der Waals surface area contributed by atoms with E-state index in [-0.39, 0.29) is 0 Å². The van der Waals surface area contributed by atoms with Gasteiger partial charge in [0, 0.05) is 5.75 Å². The van der Waals surface area contributed by atoms with Crippen molar-refractivity contribution in [2.45, 2.75) is 6.92 Å². The van der Waals surface area contributed by atoms with E-state index in [1.54, 1.807) is 11.9 Å². The first-order valence-corrected chi connectivity index (χ1v) is 3.51. The summed E-state index contributed by atoms with van der Waals surface area (Å²) in [6.45, 7) is 2.96. The van der Waals surface area contributed by atoms with Gasteiger partial charge in [-0.1, -0.05) is 18.9 Å². The van der Waals surface area contributed by atoms with E-state index in [0.717, 1.165) is 12.4 Å². The number of nitrogens with zero attached hydrogens (tertiary/aromatic N) is 1. The first kappa shape index (κ1) is 6.31. The van der Waals surface area contributed by atoms with Crippen LogP contribution in [0.15, 0.2) is 0 Å². The van der Waals surface area contributed by atoms with Crippen molar-refractivity contribution >= 4 is 11.9 Å². The molecule has 1 heterocycles. The Morgan fingerprint density at radius 1 is 1.75 bits per heavy atom. The second-order valence-electron chi connectivity index (χ2n) is 1.37. The first-order chi connectivity index (χ1) is 3.93. The molecular weight excluding hydrogens is 124 g/mol. The molecular formula is C3H10N4S. The number of nitrogens with one attached hydrogen (secondary N) is 3. The average Bonchev–Trinajstić information content (AvgIpc) is 2.19. The molecule has 1 aliphatic rings. The van der Waals surface area contributed by atoms with Crippen molar-refractivity contribution in [2.75, 3.05) is 12.4 Å². The molecule has 0 aromatic rings. The van der Waals surface area contributed by atoms with Gasteiger partial charge in [0.05, 0.1) is 6.67 Å². The Bertz CT molecular complexity index is 62.3. The molecule has 0 aliphatic carbocycles. The summed E-state index contributed by atoms with van der Waals surface area (Å²) in [6.07, 6.45) is 0. The molecule has 0 aromatic carbocycles. The van der Waals surface area contributed by atoms with E-state index in [4.69, 9.17) is 0 Å². The molecule has 8 heavy (non-hydrogen) atoms. The van der Waals surface area contributed by atoms with Crippen LogP contribution in [0.4, 0.5) is 0 Å². The van der Waals surface area contributed by atoms with Gasteiger partial charge >= 0.3 is 0 Å². The van der Waals surface area contributed by atoms with E-state index in [1.807, 2.05) is 4.41 Å². The lowest BCUT2D eigenvalue weighted by atomic mass is 11.0. The highest BCUT2D eigenvalue weighted by molar-refractivity contribution is 7.96. The van der Waals surface area contributed by atoms with E-state index in [0.29, 0.717) is 0 Å². The van der Waals surface area contributed by atoms with Gasteiger partial charge in [0.25, 0.3) is 0 Å². The Labute approximate surface area is 53.0 Å². The van der Waals surface area contributed by atoms with Crippen LogP contribution in [-0.4, -0.2) is 16.8 Å². The van der Waals surface area contributed by atoms with E-state index in [9.17, 15) is 0 Å². The van der Waals surface area contributed by atoms with Crippen LogP contribution in [-0.2, 0) is 0 Å². The smallest absolute Gasteiger partial charge is 0.0892 e. The van der Waals surface area contributed by atoms with Gasteiger partial charge in [0.2, 0.25) is 0 Å². The van der Waals surface area contributed by atoms with Crippen molar-refractivity contribution in [3.8, 4) is 0 Å². The topological polar surface area (TPSA) is 39.3 Å². The quantitative estimate of drug-likeness (QED) is 0.442. The lowest BCUT2D eigenvalue weighted by Crippen LogP contribution is -2.33. The van der Waals surface area contributed by atoms with Crippen LogP contribution in [0.1, 0.15) is 6.92 Å². The zero-order valence-electron chi connectivity index (χ0n) is 4.77. The maximum atomic E-state index is 2.90. The molecule has 1 rings (SSSR count). The Kier molecular flexibility index (Phi) is 2.57. The van der Waals surface area contributed by atoms with Crippen LogP contribution >= 0.6 is 11.9 Å². The van der Waals surface area contributed by atoms with Crippen LogP contribution in [0.5, 0.6) is 0 Å². The SMILES string of the molecule is CCSN1CNNN1. The fourth-order valence-electron chi connectivity index (χ4n) is 0.486. The van der Waals surface area contributed by atoms with Crippen LogP contribution in [0.2, 0.25) is 0 Å². The van der Waals surface area contributed by atoms with E-state index >= 15 is 0 Å². The molecule has 0 amide bonds. The van der Waals surface area contributed by atoms with Crippen LogP contribution in [0.25, 0.3) is 0 Å². The number of hydrazine groups is 3. The summed E-state index contributed by atoms with van der Waals surface area (Å²) in [7, 11) is 0. The summed E-state index contributed by atoms with van der Waals surface area (Å²) in [6, 6.07) is 0. The fourth-order valence-corrected chi connectivity index (χ4v) is 1.06. The molecule has 0 aromatic heterocycles. The second-order valence-corrected chi connectivity index (χ2v) is 2.64. The number of hydrogen-bond donors (Lipinski definition) is 3. The van der Waals surface area contributed by atoms with E-state index < -0.39 is 0 Å². The normalized spacial score (nSPS) is 22.1. The fraction of sp³-hybridized carbons (Fsp3) is 1.00. The van der Waals surface area contributed by atoms with Gasteiger partial charge in [0.15, 0.2) is 0 Å². The highest BCUT2D eigenvalue weighted by Gasteiger charge is 2.06. The van der Waals surface area contributed by atoms with Gasteiger partial charge in [-0.3, -0.25) is 0 Å². The molecule has 1 saturated heterocycles. The minimum absolute atomic E-state index is 0.846. The minimum Gasteiger partial charge on any atom is -0.226 e. The number of rotatable bonds is 2. The molecule has 0 spiro atoms. The lowest BCUT2D eigenvalue weighted by Gasteiger charge is -2.07. The third-order valence-electron chi connectivity index (χ3n) is 0.777. The molecule has 0 saturated carbocycles. The van der Waals surface area contributed by atoms with Crippen molar-refractivity contribution in [1.82, 2.24) is 20.9 Å². The van der Waals surface area contributed by atoms with E-state index in [2.05, 4.69) is 23.4 Å². The molecule has 5 heteroatoms. The van der Waals surface area contributed by atoms with Gasteiger partial charge in [-0.25, -0.2) is 5.43 Å². The van der Waals surface area contributed by atoms with Crippen LogP contribution in [0.3, 0.4) is 0 Å². The predicted octanol–water partition coefficient (Wildman–Crippen LogP) is -0.559. The van der Waals surface area contributed by atoms with E-state index in [1.165, 1.54) is 0 Å². The van der Waals surface area contributed by atoms with Gasteiger partial charge in [0.1, 0.15) is 0 Å². The largest absolute Gasteiger partial charge is 0.226 e. The minimum atomic E-state index is 0.846. The summed E-state index contributed by atoms with van der Waals surface area (Å²) in [5, 5.41) is 0. The summed E-state index contributed by atoms with van der Waals surface area (Å²) in [4.78, 5) is 0. The maximum Gasteiger partial charge on any atom is 0.0892 e. The predicted molar refractivity (Wildman–Crippen MR) is 34.2 cm³/mol. The summed E-state index contributed by atoms with van der Waals surface area (Å²) in [5.41, 5.74) is 8.56. The Balaban J connectivity index is 2.06. The summed E-state index contributed by atoms with van der Waals surface area (Å²) >= 11 is 1.74. The molecule has 0 radical (unpaired) electrons. The zero-order valence-corrected chi connectivity index (χ0v) is 5.59. The molecule has 4 nitrogen and oxygen atoms in total. The van der Waals surface area contributed by atoms with Crippen molar-refractivity contribution < 1.29 is 0 Å². The van der Waals surface area contributed by atoms with Crippen LogP contribution < -0.4 is 16.5 Å². The molecule has 1 fully saturated rings. The van der Waals surface area contributed by atoms with Gasteiger partial charge < -0.3 is 0 Å². The molecule has 3 N–H and O–H groups in total. The van der Waals surface area contributed by atoms with Crippen molar-refractivity contribution in [3.05, 3.63) is 0 Å². The summed E-state index contributed by atoms with van der Waals surface area (Å²) in [5.74, 6) is 1.09. The van der Waals surface area contributed by atoms with Gasteiger partial charge in [-0.05, 0) is 0 Å². The molecule has 1 aliphatic heterocycles. The first-order valence-electron chi connectivity index (χ1n) is 2.57. The van der Waals surface area contributed by atoms with Crippen molar-refractivity contribution in [2.24, 2.45) is 0 Å². The third-order valence-corrected chi connectivity index (χ3v) is 1.57. The van der Waals surface area contributed by atoms with Gasteiger partial charge in [-0.2, -0.15) is 15.5 Å². The highest BCUT2D eigenvalue weighted by Crippen LogP contribution is 2.03. The standard InChI is InChI=1S/C3H10N4S/c1-2-8-7-3-4-5-6-7/h4-6H,2-3H2,1H3. The van der Waals surface area contributed by atoms with Gasteiger partial charge in [-0.15, -0.1) is 0 Å². The molecule has 0 unspecified atom stereocenters. The molecule has 0 atom stereocenters. The van der Waals surface area contributed by atoms with Crippen LogP contribution in [0, 0.1) is 0 Å². The van der Waals surface area contributed by atoms with Crippen molar-refractivity contribution in [1.29, 1.82) is 0 Å². The lowest BCUT2D eigenvalue weighted by molar-refractivity contribution is 0.415. The monoisotopic (exact) mass is 134 g/mol. The summed E-state index contributed by atoms with van der Waals surface area (Å²) < 4.78 is 1.99. The van der Waals surface area contributed by atoms with Crippen molar-refractivity contribution in [3.63, 3.8) is 0 Å². The Hall–Kier alpha value is 0.190. The Morgan fingerprint density at radius 3 is 3.12 bits per heavy atom.